The highest BCUT2D eigenvalue weighted by Crippen LogP contribution is 2.21. The number of carbonyl (C=O) groups is 1. The number of nitrogens with one attached hydrogen (secondary N) is 1. The van der Waals surface area contributed by atoms with Gasteiger partial charge in [-0.25, -0.2) is 0 Å². The number of benzene rings is 1. The van der Waals surface area contributed by atoms with E-state index in [4.69, 9.17) is 4.74 Å². The van der Waals surface area contributed by atoms with E-state index in [1.165, 1.54) is 18.2 Å². The van der Waals surface area contributed by atoms with E-state index in [-0.39, 0.29) is 12.0 Å². The van der Waals surface area contributed by atoms with Crippen LogP contribution in [-0.4, -0.2) is 18.6 Å². The molecule has 1 aromatic rings. The molecular weight excluding hydrogens is 238 g/mol. The number of rotatable bonds is 6. The Bertz CT molecular complexity index is 409. The third-order valence-electron chi connectivity index (χ3n) is 3.43. The fraction of sp³-hybridized carbons (Fsp3) is 0.562. The number of esters is 1. The largest absolute Gasteiger partial charge is 0.468 e. The second kappa shape index (κ2) is 6.71. The van der Waals surface area contributed by atoms with E-state index in [1.807, 2.05) is 13.8 Å². The summed E-state index contributed by atoms with van der Waals surface area (Å²) in [5.41, 5.74) is 1.85. The van der Waals surface area contributed by atoms with Gasteiger partial charge in [-0.1, -0.05) is 38.1 Å². The van der Waals surface area contributed by atoms with Crippen molar-refractivity contribution in [2.75, 3.05) is 7.11 Å². The van der Waals surface area contributed by atoms with Gasteiger partial charge in [-0.3, -0.25) is 10.1 Å². The lowest BCUT2D eigenvalue weighted by Crippen LogP contribution is -2.48. The fourth-order valence-corrected chi connectivity index (χ4v) is 2.16. The third-order valence-corrected chi connectivity index (χ3v) is 3.43. The molecule has 1 N–H and O–H groups in total. The third kappa shape index (κ3) is 4.06. The van der Waals surface area contributed by atoms with Crippen LogP contribution in [0.3, 0.4) is 0 Å². The van der Waals surface area contributed by atoms with Crippen molar-refractivity contribution in [2.45, 2.75) is 52.1 Å². The van der Waals surface area contributed by atoms with Crippen LogP contribution < -0.4 is 5.32 Å². The Kier molecular flexibility index (Phi) is 5.55. The molecule has 0 aromatic heterocycles. The van der Waals surface area contributed by atoms with E-state index in [1.54, 1.807) is 0 Å². The molecule has 0 aliphatic carbocycles. The van der Waals surface area contributed by atoms with E-state index >= 15 is 0 Å². The van der Waals surface area contributed by atoms with E-state index in [9.17, 15) is 4.79 Å². The minimum absolute atomic E-state index is 0.153. The molecule has 19 heavy (non-hydrogen) atoms. The van der Waals surface area contributed by atoms with Crippen molar-refractivity contribution in [2.24, 2.45) is 0 Å². The average molecular weight is 263 g/mol. The molecule has 0 aliphatic heterocycles. The van der Waals surface area contributed by atoms with Crippen molar-refractivity contribution in [3.05, 3.63) is 35.4 Å². The Morgan fingerprint density at radius 2 is 1.84 bits per heavy atom. The number of aryl methyl sites for hydroxylation is 1. The zero-order valence-electron chi connectivity index (χ0n) is 12.6. The first-order valence-electron chi connectivity index (χ1n) is 6.89. The first-order valence-corrected chi connectivity index (χ1v) is 6.89. The average Bonchev–Trinajstić information content (AvgIpc) is 2.44. The first-order chi connectivity index (χ1) is 8.94. The van der Waals surface area contributed by atoms with Crippen LogP contribution in [-0.2, 0) is 16.0 Å². The number of methoxy groups -OCH3 is 1. The van der Waals surface area contributed by atoms with Crippen LogP contribution in [0.1, 0.15) is 51.3 Å². The smallest absolute Gasteiger partial charge is 0.325 e. The lowest BCUT2D eigenvalue weighted by molar-refractivity contribution is -0.147. The summed E-state index contributed by atoms with van der Waals surface area (Å²) in [5, 5.41) is 3.37. The highest BCUT2D eigenvalue weighted by Gasteiger charge is 2.30. The molecule has 1 aromatic carbocycles. The Labute approximate surface area is 116 Å². The van der Waals surface area contributed by atoms with E-state index in [0.717, 1.165) is 12.8 Å². The van der Waals surface area contributed by atoms with Gasteiger partial charge >= 0.3 is 5.97 Å². The van der Waals surface area contributed by atoms with Crippen molar-refractivity contribution >= 4 is 5.97 Å². The molecule has 0 bridgehead atoms. The molecule has 1 unspecified atom stereocenters. The second-order valence-corrected chi connectivity index (χ2v) is 5.32. The maximum Gasteiger partial charge on any atom is 0.325 e. The first kappa shape index (κ1) is 15.7. The van der Waals surface area contributed by atoms with Gasteiger partial charge in [0.25, 0.3) is 0 Å². The van der Waals surface area contributed by atoms with Crippen LogP contribution in [0.15, 0.2) is 24.3 Å². The summed E-state index contributed by atoms with van der Waals surface area (Å²) in [5.74, 6) is -0.240. The van der Waals surface area contributed by atoms with E-state index < -0.39 is 5.54 Å². The van der Waals surface area contributed by atoms with E-state index in [2.05, 4.69) is 43.4 Å². The van der Waals surface area contributed by atoms with Gasteiger partial charge in [0.1, 0.15) is 5.54 Å². The van der Waals surface area contributed by atoms with Crippen molar-refractivity contribution in [3.8, 4) is 0 Å². The Morgan fingerprint density at radius 1 is 1.26 bits per heavy atom. The summed E-state index contributed by atoms with van der Waals surface area (Å²) in [7, 11) is 1.42. The number of carbonyl (C=O) groups excluding carboxylic acids is 1. The van der Waals surface area contributed by atoms with Gasteiger partial charge in [0.05, 0.1) is 7.11 Å². The summed E-state index contributed by atoms with van der Waals surface area (Å²) >= 11 is 0. The molecule has 0 amide bonds. The predicted octanol–water partition coefficient (Wildman–Crippen LogP) is 3.24. The van der Waals surface area contributed by atoms with Gasteiger partial charge < -0.3 is 4.74 Å². The Hall–Kier alpha value is -1.35. The summed E-state index contributed by atoms with van der Waals surface area (Å²) in [6.07, 6.45) is 1.96. The fourth-order valence-electron chi connectivity index (χ4n) is 2.16. The van der Waals surface area contributed by atoms with Crippen molar-refractivity contribution in [1.82, 2.24) is 5.32 Å². The molecule has 0 saturated heterocycles. The minimum Gasteiger partial charge on any atom is -0.468 e. The summed E-state index contributed by atoms with van der Waals surface area (Å²) in [6.45, 7) is 7.95. The SMILES string of the molecule is CCc1ccc(C(CC)NC(C)(C)C(=O)OC)cc1. The van der Waals surface area contributed by atoms with Gasteiger partial charge in [-0.15, -0.1) is 0 Å². The Balaban J connectivity index is 2.85. The highest BCUT2D eigenvalue weighted by molar-refractivity contribution is 5.79. The van der Waals surface area contributed by atoms with Crippen LogP contribution in [0, 0.1) is 0 Å². The van der Waals surface area contributed by atoms with Crippen molar-refractivity contribution in [1.29, 1.82) is 0 Å². The lowest BCUT2D eigenvalue weighted by atomic mass is 9.97. The molecule has 3 heteroatoms. The standard InChI is InChI=1S/C16H25NO2/c1-6-12-8-10-13(11-9-12)14(7-2)17-16(3,4)15(18)19-5/h8-11,14,17H,6-7H2,1-5H3. The molecule has 1 atom stereocenters. The number of hydrogen-bond donors (Lipinski definition) is 1. The normalized spacial score (nSPS) is 13.1. The summed E-state index contributed by atoms with van der Waals surface area (Å²) < 4.78 is 4.83. The monoisotopic (exact) mass is 263 g/mol. The molecular formula is C16H25NO2. The van der Waals surface area contributed by atoms with Gasteiger partial charge in [0.15, 0.2) is 0 Å². The van der Waals surface area contributed by atoms with Crippen LogP contribution >= 0.6 is 0 Å². The van der Waals surface area contributed by atoms with Gasteiger partial charge in [0, 0.05) is 6.04 Å². The quantitative estimate of drug-likeness (QED) is 0.801. The molecule has 3 nitrogen and oxygen atoms in total. The molecule has 0 fully saturated rings. The van der Waals surface area contributed by atoms with Crippen LogP contribution in [0.4, 0.5) is 0 Å². The lowest BCUT2D eigenvalue weighted by Gasteiger charge is -2.29. The zero-order valence-corrected chi connectivity index (χ0v) is 12.6. The zero-order chi connectivity index (χ0) is 14.5. The number of hydrogen-bond acceptors (Lipinski definition) is 3. The van der Waals surface area contributed by atoms with Crippen molar-refractivity contribution < 1.29 is 9.53 Å². The molecule has 106 valence electrons. The predicted molar refractivity (Wildman–Crippen MR) is 78.1 cm³/mol. The molecule has 0 spiro atoms. The summed E-state index contributed by atoms with van der Waals surface area (Å²) in [4.78, 5) is 11.7. The van der Waals surface area contributed by atoms with Gasteiger partial charge in [-0.05, 0) is 37.8 Å². The van der Waals surface area contributed by atoms with Crippen LogP contribution in [0.5, 0.6) is 0 Å². The van der Waals surface area contributed by atoms with Crippen molar-refractivity contribution in [3.63, 3.8) is 0 Å². The van der Waals surface area contributed by atoms with Crippen LogP contribution in [0.2, 0.25) is 0 Å². The maximum absolute atomic E-state index is 11.7. The minimum atomic E-state index is -0.682. The van der Waals surface area contributed by atoms with Gasteiger partial charge in [0.2, 0.25) is 0 Å². The van der Waals surface area contributed by atoms with Gasteiger partial charge in [-0.2, -0.15) is 0 Å². The molecule has 0 radical (unpaired) electrons. The molecule has 0 heterocycles. The number of ether oxygens (including phenoxy) is 1. The topological polar surface area (TPSA) is 38.3 Å². The molecule has 1 rings (SSSR count). The second-order valence-electron chi connectivity index (χ2n) is 5.32. The van der Waals surface area contributed by atoms with Crippen LogP contribution in [0.25, 0.3) is 0 Å². The molecule has 0 saturated carbocycles. The highest BCUT2D eigenvalue weighted by atomic mass is 16.5. The molecule has 0 aliphatic rings. The van der Waals surface area contributed by atoms with E-state index in [0.29, 0.717) is 0 Å². The maximum atomic E-state index is 11.7. The summed E-state index contributed by atoms with van der Waals surface area (Å²) in [6, 6.07) is 8.70. The Morgan fingerprint density at radius 3 is 2.26 bits per heavy atom.